The van der Waals surface area contributed by atoms with Gasteiger partial charge < -0.3 is 19.6 Å². The molecule has 0 radical (unpaired) electrons. The minimum Gasteiger partial charge on any atom is -0.390 e. The van der Waals surface area contributed by atoms with Crippen LogP contribution in [0.5, 0.6) is 0 Å². The van der Waals surface area contributed by atoms with E-state index in [2.05, 4.69) is 21.4 Å². The molecule has 0 spiro atoms. The van der Waals surface area contributed by atoms with E-state index in [4.69, 9.17) is 12.2 Å². The summed E-state index contributed by atoms with van der Waals surface area (Å²) in [6, 6.07) is 0.448. The number of rotatable bonds is 4. The maximum Gasteiger partial charge on any atom is 0.177 e. The summed E-state index contributed by atoms with van der Waals surface area (Å²) in [4.78, 5) is 5.53. The molecule has 0 amide bonds. The lowest BCUT2D eigenvalue weighted by molar-refractivity contribution is 0.179. The maximum atomic E-state index is 9.30. The zero-order valence-electron chi connectivity index (χ0n) is 10.4. The van der Waals surface area contributed by atoms with Crippen LogP contribution in [0.3, 0.4) is 0 Å². The molecule has 96 valence electrons. The molecule has 2 rings (SSSR count). The molecule has 17 heavy (non-hydrogen) atoms. The first-order valence-electron chi connectivity index (χ1n) is 6.38. The van der Waals surface area contributed by atoms with Gasteiger partial charge in [0.2, 0.25) is 0 Å². The van der Waals surface area contributed by atoms with Crippen LogP contribution in [0.4, 0.5) is 0 Å². The smallest absolute Gasteiger partial charge is 0.177 e. The lowest BCUT2D eigenvalue weighted by Crippen LogP contribution is -2.35. The number of nitrogens with zero attached hydrogens (tertiary/aromatic N) is 2. The van der Waals surface area contributed by atoms with Crippen molar-refractivity contribution in [3.63, 3.8) is 0 Å². The highest BCUT2D eigenvalue weighted by Crippen LogP contribution is 2.24. The first-order valence-corrected chi connectivity index (χ1v) is 6.79. The van der Waals surface area contributed by atoms with Crippen LogP contribution in [0, 0.1) is 4.77 Å². The largest absolute Gasteiger partial charge is 0.390 e. The van der Waals surface area contributed by atoms with Crippen LogP contribution in [0.25, 0.3) is 0 Å². The highest BCUT2D eigenvalue weighted by Gasteiger charge is 2.21. The molecule has 1 aromatic heterocycles. The molecule has 0 aliphatic carbocycles. The number of piperidine rings is 1. The molecule has 4 nitrogen and oxygen atoms in total. The fourth-order valence-corrected chi connectivity index (χ4v) is 2.98. The second-order valence-corrected chi connectivity index (χ2v) is 5.07. The van der Waals surface area contributed by atoms with E-state index in [-0.39, 0.29) is 6.61 Å². The minimum atomic E-state index is 0.0579. The molecule has 1 aromatic rings. The number of hydrogen-bond acceptors (Lipinski definition) is 3. The lowest BCUT2D eigenvalue weighted by Gasteiger charge is -2.32. The second-order valence-electron chi connectivity index (χ2n) is 4.69. The van der Waals surface area contributed by atoms with Crippen LogP contribution < -0.4 is 0 Å². The highest BCUT2D eigenvalue weighted by atomic mass is 32.1. The third kappa shape index (κ3) is 2.78. The van der Waals surface area contributed by atoms with E-state index in [1.807, 2.05) is 6.20 Å². The standard InChI is InChI=1S/C12H21N3OS/c1-2-5-14-6-3-10(4-7-14)15-11(9-16)8-13-12(15)17/h8,10,16H,2-7,9H2,1H3,(H,13,17). The number of hydrogen-bond donors (Lipinski definition) is 2. The quantitative estimate of drug-likeness (QED) is 0.810. The molecule has 2 N–H and O–H groups in total. The third-order valence-corrected chi connectivity index (χ3v) is 3.83. The normalized spacial score (nSPS) is 18.7. The highest BCUT2D eigenvalue weighted by molar-refractivity contribution is 7.71. The molecule has 2 heterocycles. The van der Waals surface area contributed by atoms with Crippen molar-refractivity contribution in [2.75, 3.05) is 19.6 Å². The van der Waals surface area contributed by atoms with Gasteiger partial charge in [-0.25, -0.2) is 0 Å². The number of H-pyrrole nitrogens is 1. The second kappa shape index (κ2) is 5.80. The van der Waals surface area contributed by atoms with Gasteiger partial charge in [0, 0.05) is 25.3 Å². The SMILES string of the molecule is CCCN1CCC(n2c(CO)c[nH]c2=S)CC1. The number of aromatic amines is 1. The van der Waals surface area contributed by atoms with E-state index in [1.54, 1.807) is 0 Å². The molecule has 1 aliphatic heterocycles. The van der Waals surface area contributed by atoms with Crippen molar-refractivity contribution in [2.45, 2.75) is 38.8 Å². The molecule has 0 unspecified atom stereocenters. The predicted octanol–water partition coefficient (Wildman–Crippen LogP) is 2.08. The number of imidazole rings is 1. The van der Waals surface area contributed by atoms with Gasteiger partial charge in [-0.05, 0) is 38.0 Å². The van der Waals surface area contributed by atoms with E-state index >= 15 is 0 Å². The van der Waals surface area contributed by atoms with Gasteiger partial charge in [-0.1, -0.05) is 6.92 Å². The van der Waals surface area contributed by atoms with Crippen molar-refractivity contribution >= 4 is 12.2 Å². The molecule has 1 saturated heterocycles. The first kappa shape index (κ1) is 12.8. The van der Waals surface area contributed by atoms with Crippen LogP contribution in [-0.2, 0) is 6.61 Å². The van der Waals surface area contributed by atoms with Crippen LogP contribution in [0.1, 0.15) is 37.9 Å². The van der Waals surface area contributed by atoms with Crippen molar-refractivity contribution < 1.29 is 5.11 Å². The molecular formula is C12H21N3OS. The van der Waals surface area contributed by atoms with Gasteiger partial charge in [0.1, 0.15) is 0 Å². The molecule has 1 fully saturated rings. The van der Waals surface area contributed by atoms with Crippen molar-refractivity contribution in [3.05, 3.63) is 16.7 Å². The monoisotopic (exact) mass is 255 g/mol. The number of aromatic nitrogens is 2. The van der Waals surface area contributed by atoms with Gasteiger partial charge in [0.05, 0.1) is 12.3 Å². The molecule has 0 saturated carbocycles. The Morgan fingerprint density at radius 2 is 2.18 bits per heavy atom. The summed E-state index contributed by atoms with van der Waals surface area (Å²) in [6.07, 6.45) is 5.29. The summed E-state index contributed by atoms with van der Waals surface area (Å²) < 4.78 is 2.83. The Hall–Kier alpha value is -0.650. The van der Waals surface area contributed by atoms with E-state index in [0.29, 0.717) is 6.04 Å². The van der Waals surface area contributed by atoms with E-state index in [1.165, 1.54) is 13.0 Å². The van der Waals surface area contributed by atoms with Gasteiger partial charge >= 0.3 is 0 Å². The molecular weight excluding hydrogens is 234 g/mol. The molecule has 5 heteroatoms. The summed E-state index contributed by atoms with van der Waals surface area (Å²) in [7, 11) is 0. The Balaban J connectivity index is 2.05. The van der Waals surface area contributed by atoms with Gasteiger partial charge in [0.15, 0.2) is 4.77 Å². The topological polar surface area (TPSA) is 44.2 Å². The van der Waals surface area contributed by atoms with E-state index < -0.39 is 0 Å². The fraction of sp³-hybridized carbons (Fsp3) is 0.750. The van der Waals surface area contributed by atoms with E-state index in [0.717, 1.165) is 36.4 Å². The Morgan fingerprint density at radius 1 is 1.47 bits per heavy atom. The number of likely N-dealkylation sites (tertiary alicyclic amines) is 1. The first-order chi connectivity index (χ1) is 8.26. The summed E-state index contributed by atoms with van der Waals surface area (Å²) in [5.41, 5.74) is 0.906. The average molecular weight is 255 g/mol. The Morgan fingerprint density at radius 3 is 2.76 bits per heavy atom. The third-order valence-electron chi connectivity index (χ3n) is 3.51. The van der Waals surface area contributed by atoms with E-state index in [9.17, 15) is 5.11 Å². The van der Waals surface area contributed by atoms with Crippen molar-refractivity contribution in [3.8, 4) is 0 Å². The summed E-state index contributed by atoms with van der Waals surface area (Å²) in [6.45, 7) is 5.74. The number of aliphatic hydroxyl groups excluding tert-OH is 1. The van der Waals surface area contributed by atoms with Crippen molar-refractivity contribution in [1.82, 2.24) is 14.5 Å². The van der Waals surface area contributed by atoms with Crippen molar-refractivity contribution in [2.24, 2.45) is 0 Å². The molecule has 0 atom stereocenters. The summed E-state index contributed by atoms with van der Waals surface area (Å²) >= 11 is 5.28. The van der Waals surface area contributed by atoms with Crippen LogP contribution in [0.2, 0.25) is 0 Å². The van der Waals surface area contributed by atoms with Crippen LogP contribution >= 0.6 is 12.2 Å². The average Bonchev–Trinajstić information content (AvgIpc) is 2.72. The van der Waals surface area contributed by atoms with Crippen LogP contribution in [0.15, 0.2) is 6.20 Å². The minimum absolute atomic E-state index is 0.0579. The number of aliphatic hydroxyl groups is 1. The zero-order valence-corrected chi connectivity index (χ0v) is 11.2. The molecule has 0 bridgehead atoms. The zero-order chi connectivity index (χ0) is 12.3. The van der Waals surface area contributed by atoms with Crippen LogP contribution in [-0.4, -0.2) is 39.2 Å². The van der Waals surface area contributed by atoms with Gasteiger partial charge in [-0.15, -0.1) is 0 Å². The van der Waals surface area contributed by atoms with Gasteiger partial charge in [-0.3, -0.25) is 0 Å². The predicted molar refractivity (Wildman–Crippen MR) is 70.5 cm³/mol. The van der Waals surface area contributed by atoms with Crippen molar-refractivity contribution in [1.29, 1.82) is 0 Å². The Kier molecular flexibility index (Phi) is 4.36. The summed E-state index contributed by atoms with van der Waals surface area (Å²) in [5.74, 6) is 0. The molecule has 0 aromatic carbocycles. The summed E-state index contributed by atoms with van der Waals surface area (Å²) in [5, 5.41) is 9.30. The lowest BCUT2D eigenvalue weighted by atomic mass is 10.0. The Labute approximate surface area is 107 Å². The maximum absolute atomic E-state index is 9.30. The molecule has 1 aliphatic rings. The fourth-order valence-electron chi connectivity index (χ4n) is 2.65. The Bertz CT molecular complexity index is 404. The van der Waals surface area contributed by atoms with Gasteiger partial charge in [-0.2, -0.15) is 0 Å². The number of nitrogens with one attached hydrogen (secondary N) is 1. The van der Waals surface area contributed by atoms with Gasteiger partial charge in [0.25, 0.3) is 0 Å².